The van der Waals surface area contributed by atoms with Crippen LogP contribution in [0.1, 0.15) is 65.4 Å². The molecule has 0 radical (unpaired) electrons. The summed E-state index contributed by atoms with van der Waals surface area (Å²) in [5.41, 5.74) is 1.80. The van der Waals surface area contributed by atoms with Gasteiger partial charge in [0.1, 0.15) is 17.1 Å². The van der Waals surface area contributed by atoms with Crippen LogP contribution in [0.3, 0.4) is 0 Å². The molecule has 27 heavy (non-hydrogen) atoms. The van der Waals surface area contributed by atoms with Crippen LogP contribution in [0.4, 0.5) is 4.79 Å². The molecule has 2 rings (SSSR count). The third kappa shape index (κ3) is 6.78. The van der Waals surface area contributed by atoms with E-state index < -0.39 is 5.60 Å². The Kier molecular flexibility index (Phi) is 7.11. The molecule has 0 aromatic heterocycles. The number of amides is 1. The average molecular weight is 372 g/mol. The van der Waals surface area contributed by atoms with E-state index in [1.807, 2.05) is 50.8 Å². The number of piperidine rings is 1. The molecule has 148 valence electrons. The SMILES string of the molecule is C=C(C)/C=C(\CC)Oc1cccc(C2CCN(C(=O)OC(C)(C)C)CC2)c1. The van der Waals surface area contributed by atoms with Crippen LogP contribution < -0.4 is 4.74 Å². The largest absolute Gasteiger partial charge is 0.462 e. The van der Waals surface area contributed by atoms with Gasteiger partial charge in [-0.05, 0) is 70.2 Å². The molecule has 1 aliphatic heterocycles. The number of benzene rings is 1. The molecule has 0 bridgehead atoms. The van der Waals surface area contributed by atoms with E-state index in [0.717, 1.165) is 49.4 Å². The number of hydrogen-bond acceptors (Lipinski definition) is 3. The van der Waals surface area contributed by atoms with Gasteiger partial charge in [-0.1, -0.05) is 31.2 Å². The third-order valence-electron chi connectivity index (χ3n) is 4.48. The number of carbonyl (C=O) groups excluding carboxylic acids is 1. The molecule has 1 fully saturated rings. The lowest BCUT2D eigenvalue weighted by Crippen LogP contribution is -2.41. The van der Waals surface area contributed by atoms with E-state index in [9.17, 15) is 4.79 Å². The van der Waals surface area contributed by atoms with Crippen LogP contribution in [0.5, 0.6) is 5.75 Å². The fraction of sp³-hybridized carbons (Fsp3) is 0.522. The molecule has 1 amide bonds. The lowest BCUT2D eigenvalue weighted by Gasteiger charge is -2.33. The van der Waals surface area contributed by atoms with Crippen LogP contribution in [0.25, 0.3) is 0 Å². The van der Waals surface area contributed by atoms with Crippen molar-refractivity contribution in [2.24, 2.45) is 0 Å². The van der Waals surface area contributed by atoms with Crippen LogP contribution >= 0.6 is 0 Å². The maximum atomic E-state index is 12.2. The summed E-state index contributed by atoms with van der Waals surface area (Å²) < 4.78 is 11.5. The summed E-state index contributed by atoms with van der Waals surface area (Å²) in [6, 6.07) is 8.30. The molecule has 1 aromatic rings. The minimum absolute atomic E-state index is 0.212. The minimum Gasteiger partial charge on any atom is -0.462 e. The maximum Gasteiger partial charge on any atom is 0.410 e. The predicted molar refractivity (Wildman–Crippen MR) is 110 cm³/mol. The maximum absolute atomic E-state index is 12.2. The highest BCUT2D eigenvalue weighted by Gasteiger charge is 2.27. The smallest absolute Gasteiger partial charge is 0.410 e. The normalized spacial score (nSPS) is 16.2. The van der Waals surface area contributed by atoms with Gasteiger partial charge in [-0.25, -0.2) is 4.79 Å². The average Bonchev–Trinajstić information content (AvgIpc) is 2.59. The van der Waals surface area contributed by atoms with Gasteiger partial charge in [0.25, 0.3) is 0 Å². The summed E-state index contributed by atoms with van der Waals surface area (Å²) in [6.07, 6.45) is 4.46. The number of likely N-dealkylation sites (tertiary alicyclic amines) is 1. The molecule has 1 aromatic carbocycles. The lowest BCUT2D eigenvalue weighted by atomic mass is 9.89. The first-order chi connectivity index (χ1) is 12.7. The molecule has 1 heterocycles. The van der Waals surface area contributed by atoms with Crippen molar-refractivity contribution < 1.29 is 14.3 Å². The Hall–Kier alpha value is -2.23. The molecule has 0 atom stereocenters. The monoisotopic (exact) mass is 371 g/mol. The molecule has 0 unspecified atom stereocenters. The van der Waals surface area contributed by atoms with Gasteiger partial charge in [0.2, 0.25) is 0 Å². The Bertz CT molecular complexity index is 692. The lowest BCUT2D eigenvalue weighted by molar-refractivity contribution is 0.0205. The number of rotatable bonds is 5. The van der Waals surface area contributed by atoms with Crippen molar-refractivity contribution in [3.63, 3.8) is 0 Å². The fourth-order valence-electron chi connectivity index (χ4n) is 3.18. The molecule has 1 aliphatic rings. The third-order valence-corrected chi connectivity index (χ3v) is 4.48. The van der Waals surface area contributed by atoms with Crippen molar-refractivity contribution in [2.75, 3.05) is 13.1 Å². The van der Waals surface area contributed by atoms with E-state index in [1.165, 1.54) is 5.56 Å². The van der Waals surface area contributed by atoms with Crippen molar-refractivity contribution in [1.82, 2.24) is 4.90 Å². The van der Waals surface area contributed by atoms with E-state index >= 15 is 0 Å². The summed E-state index contributed by atoms with van der Waals surface area (Å²) in [4.78, 5) is 14.0. The second kappa shape index (κ2) is 9.12. The molecule has 1 saturated heterocycles. The van der Waals surface area contributed by atoms with Crippen molar-refractivity contribution in [2.45, 2.75) is 65.4 Å². The summed E-state index contributed by atoms with van der Waals surface area (Å²) in [7, 11) is 0. The van der Waals surface area contributed by atoms with E-state index in [4.69, 9.17) is 9.47 Å². The summed E-state index contributed by atoms with van der Waals surface area (Å²) >= 11 is 0. The standard InChI is InChI=1S/C23H33NO3/c1-7-20(15-17(2)3)26-21-10-8-9-19(16-21)18-11-13-24(14-12-18)22(25)27-23(4,5)6/h8-10,15-16,18H,2,7,11-14H2,1,3-6H3/b20-15+. The van der Waals surface area contributed by atoms with Gasteiger partial charge >= 0.3 is 6.09 Å². The Morgan fingerprint density at radius 2 is 1.96 bits per heavy atom. The van der Waals surface area contributed by atoms with Crippen LogP contribution in [-0.2, 0) is 4.74 Å². The number of nitrogens with zero attached hydrogens (tertiary/aromatic N) is 1. The molecular formula is C23H33NO3. The second-order valence-corrected chi connectivity index (χ2v) is 8.23. The van der Waals surface area contributed by atoms with Gasteiger partial charge in [0.05, 0.1) is 0 Å². The van der Waals surface area contributed by atoms with Crippen molar-refractivity contribution >= 4 is 6.09 Å². The number of allylic oxidation sites excluding steroid dienone is 3. The van der Waals surface area contributed by atoms with Crippen LogP contribution in [0.2, 0.25) is 0 Å². The van der Waals surface area contributed by atoms with Crippen LogP contribution in [0, 0.1) is 0 Å². The van der Waals surface area contributed by atoms with Crippen LogP contribution in [0.15, 0.2) is 48.3 Å². The van der Waals surface area contributed by atoms with E-state index in [0.29, 0.717) is 5.92 Å². The highest BCUT2D eigenvalue weighted by Crippen LogP contribution is 2.31. The Labute approximate surface area is 163 Å². The van der Waals surface area contributed by atoms with Crippen molar-refractivity contribution in [1.29, 1.82) is 0 Å². The molecule has 4 nitrogen and oxygen atoms in total. The molecule has 4 heteroatoms. The van der Waals surface area contributed by atoms with Gasteiger partial charge in [0, 0.05) is 19.5 Å². The van der Waals surface area contributed by atoms with E-state index in [1.54, 1.807) is 0 Å². The Morgan fingerprint density at radius 1 is 1.30 bits per heavy atom. The zero-order valence-electron chi connectivity index (χ0n) is 17.4. The van der Waals surface area contributed by atoms with Crippen molar-refractivity contribution in [3.8, 4) is 5.75 Å². The summed E-state index contributed by atoms with van der Waals surface area (Å²) in [5.74, 6) is 2.21. The minimum atomic E-state index is -0.450. The molecule has 0 N–H and O–H groups in total. The first kappa shape index (κ1) is 21.1. The van der Waals surface area contributed by atoms with Gasteiger partial charge in [-0.3, -0.25) is 0 Å². The first-order valence-electron chi connectivity index (χ1n) is 9.79. The number of hydrogen-bond donors (Lipinski definition) is 0. The summed E-state index contributed by atoms with van der Waals surface area (Å²) in [5, 5.41) is 0. The van der Waals surface area contributed by atoms with Gasteiger partial charge in [0.15, 0.2) is 0 Å². The first-order valence-corrected chi connectivity index (χ1v) is 9.79. The molecule has 0 saturated carbocycles. The highest BCUT2D eigenvalue weighted by atomic mass is 16.6. The molecule has 0 spiro atoms. The van der Waals surface area contributed by atoms with Gasteiger partial charge < -0.3 is 14.4 Å². The highest BCUT2D eigenvalue weighted by molar-refractivity contribution is 5.68. The number of carbonyl (C=O) groups is 1. The van der Waals surface area contributed by atoms with Gasteiger partial charge in [-0.2, -0.15) is 0 Å². The van der Waals surface area contributed by atoms with Crippen molar-refractivity contribution in [3.05, 3.63) is 53.8 Å². The molecule has 0 aliphatic carbocycles. The number of ether oxygens (including phenoxy) is 2. The fourth-order valence-corrected chi connectivity index (χ4v) is 3.18. The van der Waals surface area contributed by atoms with Gasteiger partial charge in [-0.15, -0.1) is 0 Å². The Morgan fingerprint density at radius 3 is 2.52 bits per heavy atom. The zero-order chi connectivity index (χ0) is 20.0. The predicted octanol–water partition coefficient (Wildman–Crippen LogP) is 6.05. The van der Waals surface area contributed by atoms with E-state index in [2.05, 4.69) is 25.6 Å². The summed E-state index contributed by atoms with van der Waals surface area (Å²) in [6.45, 7) is 15.1. The van der Waals surface area contributed by atoms with E-state index in [-0.39, 0.29) is 6.09 Å². The topological polar surface area (TPSA) is 38.8 Å². The molecular weight excluding hydrogens is 338 g/mol. The van der Waals surface area contributed by atoms with Crippen LogP contribution in [-0.4, -0.2) is 29.7 Å². The second-order valence-electron chi connectivity index (χ2n) is 8.23. The zero-order valence-corrected chi connectivity index (χ0v) is 17.4. The quantitative estimate of drug-likeness (QED) is 0.467. The Balaban J connectivity index is 1.98.